The fourth-order valence-electron chi connectivity index (χ4n) is 14.1. The van der Waals surface area contributed by atoms with E-state index in [4.69, 9.17) is 75.8 Å². The molecular formula is C69H106O46S7. The van der Waals surface area contributed by atoms with Crippen LogP contribution in [0.2, 0.25) is 0 Å². The summed E-state index contributed by atoms with van der Waals surface area (Å²) in [5.41, 5.74) is 0. The van der Waals surface area contributed by atoms with E-state index in [-0.39, 0.29) is 80.5 Å². The van der Waals surface area contributed by atoms with Crippen molar-refractivity contribution in [3.05, 3.63) is 12.3 Å². The lowest BCUT2D eigenvalue weighted by Crippen LogP contribution is -2.68. The summed E-state index contributed by atoms with van der Waals surface area (Å²) in [6.45, 7) is 3.78. The minimum absolute atomic E-state index is 0.130. The van der Waals surface area contributed by atoms with Gasteiger partial charge in [0.25, 0.3) is 0 Å². The van der Waals surface area contributed by atoms with Crippen molar-refractivity contribution in [2.24, 2.45) is 0 Å². The van der Waals surface area contributed by atoms with E-state index in [9.17, 15) is 151 Å². The lowest BCUT2D eigenvalue weighted by atomic mass is 9.95. The van der Waals surface area contributed by atoms with Crippen LogP contribution in [-0.4, -0.2) is 479 Å². The van der Waals surface area contributed by atoms with E-state index in [1.807, 2.05) is 0 Å². The number of ether oxygens (including phenoxy) is 16. The molecular weight excluding hydrogens is 1790 g/mol. The van der Waals surface area contributed by atoms with Crippen LogP contribution in [0.25, 0.3) is 0 Å². The number of thioether (sulfide) groups is 7. The van der Waals surface area contributed by atoms with Gasteiger partial charge >= 0.3 is 41.8 Å². The molecule has 0 aromatic heterocycles. The van der Waals surface area contributed by atoms with Crippen LogP contribution in [0.5, 0.6) is 0 Å². The minimum Gasteiger partial charge on any atom is -0.481 e. The molecule has 16 bridgehead atoms. The van der Waals surface area contributed by atoms with Crippen LogP contribution in [-0.2, 0) is 109 Å². The van der Waals surface area contributed by atoms with Gasteiger partial charge in [0, 0.05) is 80.5 Å². The predicted octanol–water partition coefficient (Wildman–Crippen LogP) is -7.74. The van der Waals surface area contributed by atoms with Gasteiger partial charge in [-0.05, 0) is 0 Å². The summed E-state index contributed by atoms with van der Waals surface area (Å²) in [4.78, 5) is 82.1. The van der Waals surface area contributed by atoms with Crippen LogP contribution >= 0.6 is 82.3 Å². The molecule has 46 nitrogen and oxygen atoms in total. The number of carboxylic acids is 7. The number of aliphatic hydroxyl groups is 16. The van der Waals surface area contributed by atoms with Crippen molar-refractivity contribution in [1.82, 2.24) is 0 Å². The maximum atomic E-state index is 12.2. The molecule has 30 aliphatic heterocycles. The van der Waals surface area contributed by atoms with Crippen molar-refractivity contribution >= 4 is 124 Å². The van der Waals surface area contributed by atoms with Gasteiger partial charge < -0.3 is 193 Å². The third kappa shape index (κ3) is 27.8. The summed E-state index contributed by atoms with van der Waals surface area (Å²) in [7, 11) is 0. The largest absolute Gasteiger partial charge is 0.481 e. The number of rotatable bonds is 35. The molecule has 39 atom stereocenters. The number of hydrogen-bond donors (Lipinski definition) is 23. The van der Waals surface area contributed by atoms with Crippen LogP contribution in [0, 0.1) is 0 Å². The van der Waals surface area contributed by atoms with Crippen LogP contribution in [0.4, 0.5) is 0 Å². The first-order valence-electron chi connectivity index (χ1n) is 38.5. The number of carbonyl (C=O) groups is 7. The minimum atomic E-state index is -2.31. The third-order valence-corrected chi connectivity index (χ3v) is 27.9. The Morgan fingerprint density at radius 3 is 0.525 bits per heavy atom. The number of aliphatic hydroxyl groups excluding tert-OH is 16. The summed E-state index contributed by atoms with van der Waals surface area (Å²) in [5, 5.41) is 260. The van der Waals surface area contributed by atoms with E-state index in [0.717, 1.165) is 82.3 Å². The van der Waals surface area contributed by atoms with Gasteiger partial charge in [0.1, 0.15) is 152 Å². The fourth-order valence-corrected chi connectivity index (χ4v) is 21.0. The first-order valence-corrected chi connectivity index (χ1v) is 46.6. The molecule has 122 heavy (non-hydrogen) atoms. The van der Waals surface area contributed by atoms with Crippen LogP contribution < -0.4 is 0 Å². The Kier molecular flexibility index (Phi) is 41.1. The molecule has 0 spiro atoms. The quantitative estimate of drug-likeness (QED) is 0.0262. The van der Waals surface area contributed by atoms with E-state index in [1.165, 1.54) is 0 Å². The number of aliphatic carboxylic acids is 7. The van der Waals surface area contributed by atoms with Crippen LogP contribution in [0.15, 0.2) is 12.3 Å². The van der Waals surface area contributed by atoms with Crippen molar-refractivity contribution in [3.63, 3.8) is 0 Å². The molecule has 53 heteroatoms. The maximum absolute atomic E-state index is 12.2. The average molecular weight is 1900 g/mol. The zero-order valence-electron chi connectivity index (χ0n) is 64.6. The predicted molar refractivity (Wildman–Crippen MR) is 417 cm³/mol. The zero-order chi connectivity index (χ0) is 89.2. The molecule has 0 radical (unpaired) electrons. The molecule has 0 aliphatic carbocycles. The molecule has 0 saturated carbocycles. The highest BCUT2D eigenvalue weighted by Crippen LogP contribution is 2.43. The van der Waals surface area contributed by atoms with E-state index in [0.29, 0.717) is 0 Å². The van der Waals surface area contributed by atoms with Crippen LogP contribution in [0.1, 0.15) is 44.9 Å². The highest BCUT2D eigenvalue weighted by molar-refractivity contribution is 8.00. The molecule has 30 rings (SSSR count). The summed E-state index contributed by atoms with van der Waals surface area (Å²) in [6, 6.07) is 0. The van der Waals surface area contributed by atoms with Crippen LogP contribution in [0.3, 0.4) is 0 Å². The Labute approximate surface area is 724 Å². The Bertz CT molecular complexity index is 3280. The summed E-state index contributed by atoms with van der Waals surface area (Å²) >= 11 is 6.24. The van der Waals surface area contributed by atoms with Crippen molar-refractivity contribution in [2.45, 2.75) is 284 Å². The Morgan fingerprint density at radius 2 is 0.361 bits per heavy atom. The standard InChI is InChI=1S/C69H106O46S7/c1-23-54-38(84)46(92)62(100-23)109-55-24(16-116-9-2-31(70)71)102-64(48(94)40(55)86)111-57-26(18-118-11-4-33(74)75)104-66(50(96)42(57)88)113-59-28(20-120-13-6-35(78)79)106-68(52(98)44(59)90)115-61-30(22-122-15-8-37(82)83)107-69(53(99)45(61)91)114-60-29(21-121-14-7-36(80)81)105-67(51(97)43(60)89)112-58-27(19-119-12-5-34(76)77)103-65(49(95)41(58)87)110-56-25(17-117-10-3-32(72)73)101-63(108-54)47(93)39(56)85/h24-30,38-69,84-99H,1-22H2,(H,70,71)(H,72,73)(H,74,75)(H,76,77)(H,78,79)(H,80,81)(H,82,83)/t24-,25-,26-,27-,28-,29-,30-,38-,39-,40-,41-,42-,43-,44-,45-,46-,47-,48-,49-,50-,51-,52-,53-,54-,55-,56-,57-,58-,59-,60-,61-,62-,63-,64-,65-,66-,67-,68-,69-/m1/s1. The van der Waals surface area contributed by atoms with Gasteiger partial charge in [0.2, 0.25) is 6.29 Å². The second-order valence-corrected chi connectivity index (χ2v) is 37.4. The fraction of sp³-hybridized carbons (Fsp3) is 0.870. The van der Waals surface area contributed by atoms with E-state index in [1.54, 1.807) is 0 Å². The molecule has 700 valence electrons. The second-order valence-electron chi connectivity index (χ2n) is 29.4. The Hall–Kier alpha value is -2.96. The topological polar surface area (TPSA) is 732 Å². The molecule has 30 heterocycles. The molecule has 0 aromatic rings. The van der Waals surface area contributed by atoms with Gasteiger partial charge in [-0.15, -0.1) is 0 Å². The second kappa shape index (κ2) is 48.8. The summed E-state index contributed by atoms with van der Waals surface area (Å²) < 4.78 is 98.9. The first-order chi connectivity index (χ1) is 57.8. The average Bonchev–Trinajstić information content (AvgIpc) is 0.770. The monoisotopic (exact) mass is 1890 g/mol. The highest BCUT2D eigenvalue weighted by atomic mass is 32.2. The van der Waals surface area contributed by atoms with Crippen molar-refractivity contribution < 1.29 is 227 Å². The summed E-state index contributed by atoms with van der Waals surface area (Å²) in [6.07, 6.45) is -82.7. The Balaban J connectivity index is 1.09. The van der Waals surface area contributed by atoms with Crippen molar-refractivity contribution in [2.75, 3.05) is 80.5 Å². The van der Waals surface area contributed by atoms with Gasteiger partial charge in [-0.3, -0.25) is 33.6 Å². The zero-order valence-corrected chi connectivity index (χ0v) is 70.3. The molecule has 30 fully saturated rings. The SMILES string of the molecule is C=C1O[C@@H]2O[C@H]3[C@H](O)[C@@H](O)[C@@H](O[C@H]4[C@H](O)[C@@H](O)[C@@H](O[C@H]5[C@H](O)[C@@H](O)[C@@H](O[C@H]6[C@H](O)[C@@H](O)[C@@H](O[C@H]7[C@H](O)[C@@H](O)[C@@H](O[C@H]8[C@H](O)[C@@H](O)[C@@H](O[C@H]9[C@H](O)[C@@H](O)[C@@H](O[C@H]1[C@H](O)[C@H]2O)O[C@@H]9CSCCC(=O)O)O[C@@H]8CSCCC(=O)O)O[C@@H]7CSCCC(=O)O)O[C@@H]6CSCCC(=O)O)O[C@@H]5CSCCC(=O)O)O[C@@H]4CSCCC(=O)O)O[C@@H]3CSCCC(=O)O. The molecule has 0 amide bonds. The number of hydrogen-bond acceptors (Lipinski definition) is 46. The van der Waals surface area contributed by atoms with E-state index in [2.05, 4.69) is 6.58 Å². The van der Waals surface area contributed by atoms with E-state index < -0.39 is 332 Å². The third-order valence-electron chi connectivity index (χ3n) is 20.5. The lowest BCUT2D eigenvalue weighted by Gasteiger charge is -2.51. The maximum Gasteiger partial charge on any atom is 0.304 e. The van der Waals surface area contributed by atoms with E-state index >= 15 is 0 Å². The number of carboxylic acid groups (broad SMARTS) is 7. The summed E-state index contributed by atoms with van der Waals surface area (Å²) in [5.74, 6) is -12.8. The lowest BCUT2D eigenvalue weighted by molar-refractivity contribution is -0.393. The highest BCUT2D eigenvalue weighted by Gasteiger charge is 2.61. The molecule has 23 N–H and O–H groups in total. The van der Waals surface area contributed by atoms with Gasteiger partial charge in [-0.25, -0.2) is 0 Å². The molecule has 0 aromatic carbocycles. The van der Waals surface area contributed by atoms with Crippen molar-refractivity contribution in [1.29, 1.82) is 0 Å². The van der Waals surface area contributed by atoms with Gasteiger partial charge in [-0.1, -0.05) is 6.58 Å². The van der Waals surface area contributed by atoms with Crippen molar-refractivity contribution in [3.8, 4) is 0 Å². The normalized spacial score (nSPS) is 42.3. The first kappa shape index (κ1) is 103. The molecule has 0 unspecified atom stereocenters. The molecule has 30 aliphatic rings. The van der Waals surface area contributed by atoms with Gasteiger partial charge in [0.15, 0.2) is 44.0 Å². The Morgan fingerprint density at radius 1 is 0.213 bits per heavy atom. The molecule has 30 saturated heterocycles. The smallest absolute Gasteiger partial charge is 0.304 e. The van der Waals surface area contributed by atoms with Gasteiger partial charge in [-0.2, -0.15) is 82.3 Å². The van der Waals surface area contributed by atoms with Gasteiger partial charge in [0.05, 0.1) is 87.7 Å².